The van der Waals surface area contributed by atoms with Crippen LogP contribution in [0.4, 0.5) is 4.79 Å². The molecule has 0 aliphatic heterocycles. The number of amides is 1. The first-order valence-corrected chi connectivity index (χ1v) is 9.38. The van der Waals surface area contributed by atoms with E-state index in [4.69, 9.17) is 25.5 Å². The van der Waals surface area contributed by atoms with Gasteiger partial charge in [0, 0.05) is 22.6 Å². The lowest BCUT2D eigenvalue weighted by molar-refractivity contribution is 0.0698. The van der Waals surface area contributed by atoms with Gasteiger partial charge in [-0.05, 0) is 57.4 Å². The Morgan fingerprint density at radius 3 is 2.79 bits per heavy atom. The van der Waals surface area contributed by atoms with Crippen LogP contribution in [-0.4, -0.2) is 24.4 Å². The lowest BCUT2D eigenvalue weighted by atomic mass is 9.93. The molecule has 8 heteroatoms. The predicted octanol–water partition coefficient (Wildman–Crippen LogP) is 4.56. The van der Waals surface area contributed by atoms with Gasteiger partial charge in [0.2, 0.25) is 5.76 Å². The molecule has 0 radical (unpaired) electrons. The van der Waals surface area contributed by atoms with Crippen molar-refractivity contribution in [3.8, 4) is 5.75 Å². The van der Waals surface area contributed by atoms with E-state index in [0.29, 0.717) is 40.6 Å². The van der Waals surface area contributed by atoms with Crippen LogP contribution in [0.2, 0.25) is 5.02 Å². The van der Waals surface area contributed by atoms with Gasteiger partial charge in [-0.25, -0.2) is 15.0 Å². The van der Waals surface area contributed by atoms with Crippen LogP contribution in [0.25, 0.3) is 0 Å². The van der Waals surface area contributed by atoms with Gasteiger partial charge in [0.1, 0.15) is 11.5 Å². The molecule has 0 spiro atoms. The zero-order valence-corrected chi connectivity index (χ0v) is 16.7. The average Bonchev–Trinajstić information content (AvgIpc) is 3.01. The number of benzene rings is 1. The highest BCUT2D eigenvalue weighted by Gasteiger charge is 2.29. The number of hydrazone groups is 1. The van der Waals surface area contributed by atoms with Crippen molar-refractivity contribution in [3.05, 3.63) is 51.4 Å². The van der Waals surface area contributed by atoms with Gasteiger partial charge < -0.3 is 13.9 Å². The molecule has 1 aliphatic rings. The largest absolute Gasteiger partial charge is 0.453 e. The topological polar surface area (TPSA) is 90.1 Å². The van der Waals surface area contributed by atoms with Crippen molar-refractivity contribution in [2.24, 2.45) is 5.10 Å². The third-order valence-electron chi connectivity index (χ3n) is 4.41. The van der Waals surface area contributed by atoms with Gasteiger partial charge in [-0.3, -0.25) is 0 Å². The average molecular weight is 405 g/mol. The number of ether oxygens (including phenoxy) is 2. The Bertz CT molecular complexity index is 948. The normalized spacial score (nSPS) is 14.5. The monoisotopic (exact) mass is 404 g/mol. The summed E-state index contributed by atoms with van der Waals surface area (Å²) in [5, 5.41) is 4.74. The van der Waals surface area contributed by atoms with E-state index >= 15 is 0 Å². The molecule has 28 heavy (non-hydrogen) atoms. The molecule has 1 amide bonds. The van der Waals surface area contributed by atoms with Crippen LogP contribution in [0.1, 0.15) is 52.8 Å². The van der Waals surface area contributed by atoms with E-state index < -0.39 is 12.1 Å². The van der Waals surface area contributed by atoms with Crippen LogP contribution < -0.4 is 10.2 Å². The van der Waals surface area contributed by atoms with Crippen molar-refractivity contribution >= 4 is 29.4 Å². The molecular formula is C20H21ClN2O5. The maximum Gasteiger partial charge on any atom is 0.427 e. The van der Waals surface area contributed by atoms with E-state index in [9.17, 15) is 9.59 Å². The summed E-state index contributed by atoms with van der Waals surface area (Å²) in [6.45, 7) is 5.58. The molecular weight excluding hydrogens is 384 g/mol. The number of rotatable bonds is 4. The minimum absolute atomic E-state index is 0.128. The van der Waals surface area contributed by atoms with E-state index in [1.165, 1.54) is 0 Å². The number of carbonyl (C=O) groups excluding carboxylic acids is 2. The third kappa shape index (κ3) is 4.20. The molecule has 1 aromatic heterocycles. The van der Waals surface area contributed by atoms with Crippen molar-refractivity contribution in [1.82, 2.24) is 5.43 Å². The summed E-state index contributed by atoms with van der Waals surface area (Å²) >= 11 is 6.00. The van der Waals surface area contributed by atoms with Gasteiger partial charge in [0.15, 0.2) is 0 Å². The van der Waals surface area contributed by atoms with Crippen molar-refractivity contribution < 1.29 is 23.5 Å². The summed E-state index contributed by atoms with van der Waals surface area (Å²) in [5.41, 5.74) is 5.20. The van der Waals surface area contributed by atoms with Crippen molar-refractivity contribution in [2.45, 2.75) is 40.0 Å². The van der Waals surface area contributed by atoms with E-state index in [0.717, 1.165) is 17.5 Å². The van der Waals surface area contributed by atoms with Gasteiger partial charge in [-0.2, -0.15) is 5.10 Å². The number of nitrogens with zero attached hydrogens (tertiary/aromatic N) is 1. The minimum atomic E-state index is -0.624. The highest BCUT2D eigenvalue weighted by Crippen LogP contribution is 2.31. The number of carbonyl (C=O) groups is 2. The van der Waals surface area contributed by atoms with E-state index in [1.807, 2.05) is 6.92 Å². The van der Waals surface area contributed by atoms with Crippen LogP contribution in [0.15, 0.2) is 27.7 Å². The van der Waals surface area contributed by atoms with Crippen LogP contribution in [0, 0.1) is 13.8 Å². The lowest BCUT2D eigenvalue weighted by Gasteiger charge is -2.13. The smallest absolute Gasteiger partial charge is 0.427 e. The van der Waals surface area contributed by atoms with Crippen molar-refractivity contribution in [1.29, 1.82) is 0 Å². The van der Waals surface area contributed by atoms with E-state index in [1.54, 1.807) is 32.0 Å². The second-order valence-corrected chi connectivity index (χ2v) is 6.81. The van der Waals surface area contributed by atoms with Gasteiger partial charge >= 0.3 is 12.1 Å². The number of hydrogen-bond donors (Lipinski definition) is 1. The zero-order chi connectivity index (χ0) is 20.3. The standard InChI is InChI=1S/C20H21ClN2O5/c1-4-26-20(25)23-22-15-6-5-7-16-17(15)12(3)18(28-16)19(24)27-13-8-9-14(21)11(2)10-13/h8-10H,4-7H2,1-3H3,(H,23,25)/b22-15+. The Kier molecular flexibility index (Phi) is 6.04. The number of hydrogen-bond acceptors (Lipinski definition) is 6. The van der Waals surface area contributed by atoms with Crippen LogP contribution in [-0.2, 0) is 11.2 Å². The molecule has 148 valence electrons. The first-order valence-electron chi connectivity index (χ1n) is 9.01. The summed E-state index contributed by atoms with van der Waals surface area (Å²) in [5.74, 6) is 0.584. The highest BCUT2D eigenvalue weighted by atomic mass is 35.5. The molecule has 0 fully saturated rings. The molecule has 3 rings (SSSR count). The maximum absolute atomic E-state index is 12.6. The fourth-order valence-electron chi connectivity index (χ4n) is 3.09. The first-order chi connectivity index (χ1) is 13.4. The molecule has 1 aromatic carbocycles. The Morgan fingerprint density at radius 1 is 1.29 bits per heavy atom. The molecule has 0 saturated heterocycles. The fraction of sp³-hybridized carbons (Fsp3) is 0.350. The van der Waals surface area contributed by atoms with Crippen molar-refractivity contribution in [3.63, 3.8) is 0 Å². The predicted molar refractivity (Wildman–Crippen MR) is 104 cm³/mol. The molecule has 7 nitrogen and oxygen atoms in total. The maximum atomic E-state index is 12.6. The summed E-state index contributed by atoms with van der Waals surface area (Å²) in [6, 6.07) is 4.99. The molecule has 0 bridgehead atoms. The Labute approximate surface area is 167 Å². The first kappa shape index (κ1) is 19.9. The molecule has 0 saturated carbocycles. The van der Waals surface area contributed by atoms with Gasteiger partial charge in [0.05, 0.1) is 12.3 Å². The molecule has 0 atom stereocenters. The SMILES string of the molecule is CCOC(=O)N/N=C1\CCCc2oc(C(=O)Oc3ccc(Cl)c(C)c3)c(C)c21. The minimum Gasteiger partial charge on any atom is -0.453 e. The summed E-state index contributed by atoms with van der Waals surface area (Å²) < 4.78 is 16.0. The molecule has 1 heterocycles. The summed E-state index contributed by atoms with van der Waals surface area (Å²) in [6.07, 6.45) is 1.52. The highest BCUT2D eigenvalue weighted by molar-refractivity contribution is 6.31. The second kappa shape index (κ2) is 8.48. The number of esters is 1. The quantitative estimate of drug-likeness (QED) is 0.458. The Hall–Kier alpha value is -2.80. The number of fused-ring (bicyclic) bond motifs is 1. The van der Waals surface area contributed by atoms with Gasteiger partial charge in [-0.1, -0.05) is 11.6 Å². The lowest BCUT2D eigenvalue weighted by Crippen LogP contribution is -2.22. The number of aryl methyl sites for hydroxylation is 2. The zero-order valence-electron chi connectivity index (χ0n) is 15.9. The van der Waals surface area contributed by atoms with E-state index in [-0.39, 0.29) is 12.4 Å². The van der Waals surface area contributed by atoms with E-state index in [2.05, 4.69) is 10.5 Å². The third-order valence-corrected chi connectivity index (χ3v) is 4.83. The van der Waals surface area contributed by atoms with Gasteiger partial charge in [0.25, 0.3) is 0 Å². The van der Waals surface area contributed by atoms with Crippen molar-refractivity contribution in [2.75, 3.05) is 6.61 Å². The summed E-state index contributed by atoms with van der Waals surface area (Å²) in [7, 11) is 0. The summed E-state index contributed by atoms with van der Waals surface area (Å²) in [4.78, 5) is 24.1. The van der Waals surface area contributed by atoms with Crippen LogP contribution in [0.3, 0.4) is 0 Å². The Balaban J connectivity index is 1.84. The van der Waals surface area contributed by atoms with Crippen LogP contribution in [0.5, 0.6) is 5.75 Å². The number of furan rings is 1. The number of nitrogens with one attached hydrogen (secondary N) is 1. The molecule has 0 unspecified atom stereocenters. The molecule has 2 aromatic rings. The second-order valence-electron chi connectivity index (χ2n) is 6.40. The molecule has 1 aliphatic carbocycles. The fourth-order valence-corrected chi connectivity index (χ4v) is 3.20. The number of halogens is 1. The Morgan fingerprint density at radius 2 is 2.07 bits per heavy atom. The van der Waals surface area contributed by atoms with Crippen LogP contribution >= 0.6 is 11.6 Å². The molecule has 1 N–H and O–H groups in total. The van der Waals surface area contributed by atoms with Gasteiger partial charge in [-0.15, -0.1) is 0 Å².